The number of rotatable bonds is 33. The Balaban J connectivity index is 1.37. The van der Waals surface area contributed by atoms with Gasteiger partial charge in [-0.25, -0.2) is 9.13 Å². The van der Waals surface area contributed by atoms with Crippen LogP contribution in [-0.4, -0.2) is 11.5 Å². The van der Waals surface area contributed by atoms with E-state index in [9.17, 15) is 0 Å². The second-order valence-corrected chi connectivity index (χ2v) is 16.5. The molecule has 0 amide bonds. The summed E-state index contributed by atoms with van der Waals surface area (Å²) in [7, 11) is 4.07. The van der Waals surface area contributed by atoms with Crippen LogP contribution in [-0.2, 0) is 25.9 Å². The molecule has 0 N–H and O–H groups in total. The Kier molecular flexibility index (Phi) is 28.0. The molecular formula is C42H74N2S2+2. The van der Waals surface area contributed by atoms with E-state index < -0.39 is 0 Å². The van der Waals surface area contributed by atoms with Crippen LogP contribution in [0.2, 0.25) is 0 Å². The molecule has 262 valence electrons. The number of unbranched alkanes of at least 4 members (excludes halogenated alkanes) is 22. The average molecular weight is 671 g/mol. The standard InChI is InChI=1S/C42H74N2S2/c1-3-5-7-9-11-13-15-17-19-21-23-25-33-43-35-27-41(28-36-43)31-39-45-46-40-32-42-29-37-44(38-30-42)34-26-24-22-20-18-16-14-12-10-8-6-4-2/h27-30,35-38H,3-26,31-34,39-40H2,1-2H3/q+2. The lowest BCUT2D eigenvalue weighted by molar-refractivity contribution is -0.697. The number of aryl methyl sites for hydroxylation is 4. The molecule has 46 heavy (non-hydrogen) atoms. The number of pyridine rings is 2. The van der Waals surface area contributed by atoms with E-state index in [0.717, 1.165) is 0 Å². The Morgan fingerprint density at radius 3 is 0.913 bits per heavy atom. The van der Waals surface area contributed by atoms with Crippen LogP contribution in [0.25, 0.3) is 0 Å². The molecule has 2 heterocycles. The molecule has 0 bridgehead atoms. The molecule has 0 unspecified atom stereocenters. The first kappa shape index (κ1) is 41.2. The average Bonchev–Trinajstić information content (AvgIpc) is 3.08. The fourth-order valence-corrected chi connectivity index (χ4v) is 8.40. The lowest BCUT2D eigenvalue weighted by Gasteiger charge is -2.04. The number of aromatic nitrogens is 2. The summed E-state index contributed by atoms with van der Waals surface area (Å²) in [5.41, 5.74) is 2.94. The molecular weight excluding hydrogens is 597 g/mol. The minimum absolute atomic E-state index is 1.17. The van der Waals surface area contributed by atoms with Crippen molar-refractivity contribution in [2.24, 2.45) is 0 Å². The highest BCUT2D eigenvalue weighted by Crippen LogP contribution is 2.23. The van der Waals surface area contributed by atoms with Crippen molar-refractivity contribution in [1.82, 2.24) is 0 Å². The molecule has 2 aromatic rings. The molecule has 2 aromatic heterocycles. The molecule has 0 spiro atoms. The molecule has 0 fully saturated rings. The summed E-state index contributed by atoms with van der Waals surface area (Å²) in [5.74, 6) is 2.39. The van der Waals surface area contributed by atoms with Crippen LogP contribution in [0.4, 0.5) is 0 Å². The van der Waals surface area contributed by atoms with Crippen LogP contribution in [0.15, 0.2) is 49.1 Å². The normalized spacial score (nSPS) is 11.4. The van der Waals surface area contributed by atoms with Gasteiger partial charge in [0, 0.05) is 48.6 Å². The van der Waals surface area contributed by atoms with Crippen molar-refractivity contribution >= 4 is 21.6 Å². The fraction of sp³-hybridized carbons (Fsp3) is 0.762. The zero-order valence-electron chi connectivity index (χ0n) is 30.5. The van der Waals surface area contributed by atoms with Crippen molar-refractivity contribution in [2.45, 2.75) is 194 Å². The second kappa shape index (κ2) is 31.3. The summed E-state index contributed by atoms with van der Waals surface area (Å²) in [6.07, 6.45) is 45.6. The van der Waals surface area contributed by atoms with Crippen LogP contribution in [0.1, 0.15) is 179 Å². The zero-order valence-corrected chi connectivity index (χ0v) is 32.2. The SMILES string of the molecule is CCCCCCCCCCCCCC[n+]1ccc(CCSSCCc2cc[n+](CCCCCCCCCCCCCC)cc2)cc1. The van der Waals surface area contributed by atoms with Gasteiger partial charge in [0.25, 0.3) is 0 Å². The van der Waals surface area contributed by atoms with Crippen molar-refractivity contribution in [1.29, 1.82) is 0 Å². The monoisotopic (exact) mass is 671 g/mol. The minimum atomic E-state index is 1.17. The maximum atomic E-state index is 2.38. The first-order chi connectivity index (χ1) is 22.8. The number of hydrogen-bond acceptors (Lipinski definition) is 2. The van der Waals surface area contributed by atoms with E-state index >= 15 is 0 Å². The lowest BCUT2D eigenvalue weighted by atomic mass is 10.1. The van der Waals surface area contributed by atoms with Gasteiger partial charge in [0.05, 0.1) is 0 Å². The van der Waals surface area contributed by atoms with Crippen molar-refractivity contribution in [3.63, 3.8) is 0 Å². The molecule has 2 rings (SSSR count). The first-order valence-corrected chi connectivity index (χ1v) is 22.5. The quantitative estimate of drug-likeness (QED) is 0.0424. The van der Waals surface area contributed by atoms with Gasteiger partial charge in [0.2, 0.25) is 0 Å². The largest absolute Gasteiger partial charge is 0.205 e. The zero-order chi connectivity index (χ0) is 32.6. The van der Waals surface area contributed by atoms with Crippen LogP contribution in [0.5, 0.6) is 0 Å². The van der Waals surface area contributed by atoms with Crippen LogP contribution in [0, 0.1) is 0 Å². The first-order valence-electron chi connectivity index (χ1n) is 20.0. The highest BCUT2D eigenvalue weighted by molar-refractivity contribution is 8.76. The second-order valence-electron chi connectivity index (χ2n) is 13.8. The Hall–Kier alpha value is -1.00. The molecule has 0 saturated carbocycles. The third-order valence-corrected chi connectivity index (χ3v) is 11.9. The van der Waals surface area contributed by atoms with Crippen LogP contribution in [0.3, 0.4) is 0 Å². The van der Waals surface area contributed by atoms with Gasteiger partial charge in [0.15, 0.2) is 24.8 Å². The van der Waals surface area contributed by atoms with Gasteiger partial charge < -0.3 is 0 Å². The Morgan fingerprint density at radius 1 is 0.370 bits per heavy atom. The Bertz CT molecular complexity index is 823. The molecule has 0 saturated heterocycles. The van der Waals surface area contributed by atoms with Gasteiger partial charge >= 0.3 is 0 Å². The molecule has 0 aromatic carbocycles. The molecule has 0 aliphatic rings. The lowest BCUT2D eigenvalue weighted by Crippen LogP contribution is -2.32. The highest BCUT2D eigenvalue weighted by atomic mass is 33.1. The molecule has 2 nitrogen and oxygen atoms in total. The third-order valence-electron chi connectivity index (χ3n) is 9.49. The summed E-state index contributed by atoms with van der Waals surface area (Å²) >= 11 is 0. The minimum Gasteiger partial charge on any atom is -0.205 e. The Morgan fingerprint density at radius 2 is 0.630 bits per heavy atom. The van der Waals surface area contributed by atoms with E-state index in [0.29, 0.717) is 0 Å². The summed E-state index contributed by atoms with van der Waals surface area (Å²) < 4.78 is 4.76. The number of nitrogens with zero attached hydrogens (tertiary/aromatic N) is 2. The van der Waals surface area contributed by atoms with Gasteiger partial charge in [-0.05, 0) is 36.8 Å². The van der Waals surface area contributed by atoms with Gasteiger partial charge in [-0.2, -0.15) is 0 Å². The highest BCUT2D eigenvalue weighted by Gasteiger charge is 2.04. The van der Waals surface area contributed by atoms with Gasteiger partial charge in [-0.1, -0.05) is 164 Å². The van der Waals surface area contributed by atoms with E-state index in [1.54, 1.807) is 0 Å². The predicted octanol–water partition coefficient (Wildman–Crippen LogP) is 12.8. The van der Waals surface area contributed by atoms with Crippen molar-refractivity contribution in [3.05, 3.63) is 60.2 Å². The molecule has 0 aliphatic heterocycles. The topological polar surface area (TPSA) is 7.76 Å². The Labute approximate surface area is 295 Å². The van der Waals surface area contributed by atoms with Crippen molar-refractivity contribution < 1.29 is 9.13 Å². The number of hydrogen-bond donors (Lipinski definition) is 0. The van der Waals surface area contributed by atoms with Crippen LogP contribution >= 0.6 is 21.6 Å². The molecule has 0 radical (unpaired) electrons. The maximum Gasteiger partial charge on any atom is 0.169 e. The summed E-state index contributed by atoms with van der Waals surface area (Å²) in [4.78, 5) is 0. The fourth-order valence-electron chi connectivity index (χ4n) is 6.32. The van der Waals surface area contributed by atoms with E-state index in [1.165, 1.54) is 203 Å². The summed E-state index contributed by atoms with van der Waals surface area (Å²) in [5, 5.41) is 0. The predicted molar refractivity (Wildman–Crippen MR) is 208 cm³/mol. The van der Waals surface area contributed by atoms with Gasteiger partial charge in [-0.15, -0.1) is 0 Å². The summed E-state index contributed by atoms with van der Waals surface area (Å²) in [6, 6.07) is 9.34. The molecule has 4 heteroatoms. The summed E-state index contributed by atoms with van der Waals surface area (Å²) in [6.45, 7) is 6.94. The van der Waals surface area contributed by atoms with Crippen molar-refractivity contribution in [3.8, 4) is 0 Å². The van der Waals surface area contributed by atoms with Crippen LogP contribution < -0.4 is 9.13 Å². The third kappa shape index (κ3) is 24.2. The van der Waals surface area contributed by atoms with E-state index in [4.69, 9.17) is 0 Å². The van der Waals surface area contributed by atoms with E-state index in [2.05, 4.69) is 72.0 Å². The smallest absolute Gasteiger partial charge is 0.169 e. The van der Waals surface area contributed by atoms with E-state index in [1.807, 2.05) is 21.6 Å². The molecule has 0 aliphatic carbocycles. The van der Waals surface area contributed by atoms with Gasteiger partial charge in [0.1, 0.15) is 13.1 Å². The van der Waals surface area contributed by atoms with Crippen molar-refractivity contribution in [2.75, 3.05) is 11.5 Å². The van der Waals surface area contributed by atoms with Gasteiger partial charge in [-0.3, -0.25) is 0 Å². The maximum absolute atomic E-state index is 2.38. The van der Waals surface area contributed by atoms with E-state index in [-0.39, 0.29) is 0 Å². The molecule has 0 atom stereocenters.